The zero-order chi connectivity index (χ0) is 17.1. The fourth-order valence-corrected chi connectivity index (χ4v) is 4.78. The third-order valence-corrected chi connectivity index (χ3v) is 6.37. The Labute approximate surface area is 143 Å². The molecular formula is C17H21N3O3S. The molecule has 2 aromatic rings. The Bertz CT molecular complexity index is 781. The van der Waals surface area contributed by atoms with Crippen molar-refractivity contribution in [1.82, 2.24) is 4.98 Å². The number of benzene rings is 1. The summed E-state index contributed by atoms with van der Waals surface area (Å²) in [5.74, 6) is 0.698. The van der Waals surface area contributed by atoms with Gasteiger partial charge in [-0.25, -0.2) is 0 Å². The van der Waals surface area contributed by atoms with Crippen LogP contribution < -0.4 is 5.32 Å². The first-order chi connectivity index (χ1) is 11.6. The normalized spacial score (nSPS) is 22.2. The molecule has 6 nitrogen and oxygen atoms in total. The van der Waals surface area contributed by atoms with Crippen LogP contribution in [0.1, 0.15) is 32.6 Å². The van der Waals surface area contributed by atoms with E-state index in [0.29, 0.717) is 11.1 Å². The van der Waals surface area contributed by atoms with Crippen LogP contribution in [0.5, 0.6) is 0 Å². The summed E-state index contributed by atoms with van der Waals surface area (Å²) in [6.07, 6.45) is 7.16. The molecular weight excluding hydrogens is 326 g/mol. The molecule has 1 aromatic heterocycles. The SMILES string of the molecule is CCS(=O)C1CCCC(Nc2ccc([N+](=O)[O-])c3cnccc23)C1. The lowest BCUT2D eigenvalue weighted by atomic mass is 9.94. The zero-order valence-corrected chi connectivity index (χ0v) is 14.4. The van der Waals surface area contributed by atoms with Gasteiger partial charge in [-0.1, -0.05) is 13.3 Å². The lowest BCUT2D eigenvalue weighted by molar-refractivity contribution is -0.383. The minimum Gasteiger partial charge on any atom is -0.382 e. The van der Waals surface area contributed by atoms with Crippen molar-refractivity contribution in [2.24, 2.45) is 0 Å². The predicted molar refractivity (Wildman–Crippen MR) is 96.7 cm³/mol. The minimum absolute atomic E-state index is 0.0669. The monoisotopic (exact) mass is 347 g/mol. The average molecular weight is 347 g/mol. The second kappa shape index (κ2) is 7.25. The lowest BCUT2D eigenvalue weighted by Crippen LogP contribution is -2.33. The first kappa shape index (κ1) is 16.8. The number of non-ortho nitro benzene ring substituents is 1. The van der Waals surface area contributed by atoms with Crippen LogP contribution in [0.25, 0.3) is 10.8 Å². The molecule has 1 N–H and O–H groups in total. The van der Waals surface area contributed by atoms with Gasteiger partial charge in [0.25, 0.3) is 5.69 Å². The van der Waals surface area contributed by atoms with Gasteiger partial charge in [0.1, 0.15) is 0 Å². The Hall–Kier alpha value is -2.02. The van der Waals surface area contributed by atoms with Gasteiger partial charge in [0.05, 0.1) is 10.3 Å². The number of fused-ring (bicyclic) bond motifs is 1. The standard InChI is InChI=1S/C17H21N3O3S/c1-2-24(23)13-5-3-4-12(10-13)19-16-6-7-17(20(21)22)15-11-18-9-8-14(15)16/h6-9,11-13,19H,2-5,10H2,1H3. The molecule has 0 spiro atoms. The molecule has 7 heteroatoms. The molecule has 1 aliphatic rings. The summed E-state index contributed by atoms with van der Waals surface area (Å²) in [5, 5.41) is 16.3. The Morgan fingerprint density at radius 2 is 2.17 bits per heavy atom. The highest BCUT2D eigenvalue weighted by Gasteiger charge is 2.26. The van der Waals surface area contributed by atoms with E-state index in [1.165, 1.54) is 12.3 Å². The van der Waals surface area contributed by atoms with Gasteiger partial charge in [-0.3, -0.25) is 19.3 Å². The Kier molecular flexibility index (Phi) is 5.08. The number of pyridine rings is 1. The summed E-state index contributed by atoms with van der Waals surface area (Å²) in [6, 6.07) is 5.34. The molecule has 3 rings (SSSR count). The quantitative estimate of drug-likeness (QED) is 0.659. The van der Waals surface area contributed by atoms with Gasteiger partial charge in [-0.05, 0) is 31.4 Å². The molecule has 1 fully saturated rings. The number of nitro groups is 1. The van der Waals surface area contributed by atoms with Crippen molar-refractivity contribution in [3.05, 3.63) is 40.7 Å². The van der Waals surface area contributed by atoms with Crippen LogP contribution in [0, 0.1) is 10.1 Å². The average Bonchev–Trinajstić information content (AvgIpc) is 2.61. The first-order valence-corrected chi connectivity index (χ1v) is 9.63. The number of rotatable bonds is 5. The Morgan fingerprint density at radius 3 is 2.92 bits per heavy atom. The smallest absolute Gasteiger partial charge is 0.278 e. The van der Waals surface area contributed by atoms with Gasteiger partial charge in [-0.2, -0.15) is 0 Å². The molecule has 0 radical (unpaired) electrons. The summed E-state index contributed by atoms with van der Waals surface area (Å²) in [5.41, 5.74) is 0.947. The second-order valence-electron chi connectivity index (χ2n) is 6.11. The van der Waals surface area contributed by atoms with Crippen molar-refractivity contribution < 1.29 is 9.13 Å². The van der Waals surface area contributed by atoms with Crippen molar-refractivity contribution in [3.63, 3.8) is 0 Å². The van der Waals surface area contributed by atoms with Gasteiger partial charge in [-0.15, -0.1) is 0 Å². The van der Waals surface area contributed by atoms with E-state index < -0.39 is 10.8 Å². The molecule has 1 saturated carbocycles. The van der Waals surface area contributed by atoms with E-state index in [0.717, 1.165) is 36.8 Å². The maximum atomic E-state index is 12.1. The summed E-state index contributed by atoms with van der Waals surface area (Å²) >= 11 is 0. The molecule has 1 heterocycles. The van der Waals surface area contributed by atoms with Gasteiger partial charge in [0.2, 0.25) is 0 Å². The summed E-state index contributed by atoms with van der Waals surface area (Å²) in [7, 11) is -0.768. The largest absolute Gasteiger partial charge is 0.382 e. The first-order valence-electron chi connectivity index (χ1n) is 8.25. The Morgan fingerprint density at radius 1 is 1.33 bits per heavy atom. The van der Waals surface area contributed by atoms with Crippen molar-refractivity contribution in [1.29, 1.82) is 0 Å². The van der Waals surface area contributed by atoms with Crippen molar-refractivity contribution in [3.8, 4) is 0 Å². The van der Waals surface area contributed by atoms with Crippen molar-refractivity contribution in [2.75, 3.05) is 11.1 Å². The van der Waals surface area contributed by atoms with E-state index in [1.54, 1.807) is 18.3 Å². The number of anilines is 1. The highest BCUT2D eigenvalue weighted by molar-refractivity contribution is 7.85. The molecule has 1 aromatic carbocycles. The molecule has 0 bridgehead atoms. The third-order valence-electron chi connectivity index (χ3n) is 4.63. The highest BCUT2D eigenvalue weighted by Crippen LogP contribution is 2.33. The topological polar surface area (TPSA) is 85.1 Å². The van der Waals surface area contributed by atoms with Crippen LogP contribution in [0.2, 0.25) is 0 Å². The van der Waals surface area contributed by atoms with Gasteiger partial charge in [0.15, 0.2) is 0 Å². The van der Waals surface area contributed by atoms with Crippen LogP contribution in [0.3, 0.4) is 0 Å². The molecule has 1 aliphatic carbocycles. The van der Waals surface area contributed by atoms with Crippen LogP contribution in [-0.2, 0) is 10.8 Å². The van der Waals surface area contributed by atoms with Gasteiger partial charge >= 0.3 is 0 Å². The zero-order valence-electron chi connectivity index (χ0n) is 13.6. The van der Waals surface area contributed by atoms with E-state index in [1.807, 2.05) is 6.92 Å². The van der Waals surface area contributed by atoms with E-state index in [9.17, 15) is 14.3 Å². The summed E-state index contributed by atoms with van der Waals surface area (Å²) in [6.45, 7) is 1.96. The van der Waals surface area contributed by atoms with Crippen LogP contribution in [0.4, 0.5) is 11.4 Å². The minimum atomic E-state index is -0.768. The molecule has 0 saturated heterocycles. The maximum Gasteiger partial charge on any atom is 0.278 e. The van der Waals surface area contributed by atoms with Gasteiger partial charge < -0.3 is 5.32 Å². The van der Waals surface area contributed by atoms with E-state index in [-0.39, 0.29) is 21.9 Å². The van der Waals surface area contributed by atoms with Crippen molar-refractivity contribution >= 4 is 32.9 Å². The molecule has 0 amide bonds. The number of hydrogen-bond acceptors (Lipinski definition) is 5. The summed E-state index contributed by atoms with van der Waals surface area (Å²) in [4.78, 5) is 14.8. The van der Waals surface area contributed by atoms with Gasteiger partial charge in [0, 0.05) is 57.4 Å². The van der Waals surface area contributed by atoms with Crippen molar-refractivity contribution in [2.45, 2.75) is 43.9 Å². The molecule has 3 atom stereocenters. The molecule has 3 unspecified atom stereocenters. The van der Waals surface area contributed by atoms with E-state index in [2.05, 4.69) is 10.3 Å². The number of nitrogens with one attached hydrogen (secondary N) is 1. The number of aromatic nitrogens is 1. The van der Waals surface area contributed by atoms with E-state index in [4.69, 9.17) is 0 Å². The van der Waals surface area contributed by atoms with Crippen LogP contribution in [0.15, 0.2) is 30.6 Å². The lowest BCUT2D eigenvalue weighted by Gasteiger charge is -2.30. The fraction of sp³-hybridized carbons (Fsp3) is 0.471. The number of nitro benzene ring substituents is 1. The maximum absolute atomic E-state index is 12.1. The number of nitrogens with zero attached hydrogens (tertiary/aromatic N) is 2. The molecule has 128 valence electrons. The third kappa shape index (κ3) is 3.40. The van der Waals surface area contributed by atoms with Crippen LogP contribution in [-0.4, -0.2) is 31.2 Å². The molecule has 0 aliphatic heterocycles. The second-order valence-corrected chi connectivity index (χ2v) is 8.12. The van der Waals surface area contributed by atoms with Crippen LogP contribution >= 0.6 is 0 Å². The molecule has 24 heavy (non-hydrogen) atoms. The fourth-order valence-electron chi connectivity index (χ4n) is 3.43. The Balaban J connectivity index is 1.87. The summed E-state index contributed by atoms with van der Waals surface area (Å²) < 4.78 is 12.1. The number of hydrogen-bond donors (Lipinski definition) is 1. The highest BCUT2D eigenvalue weighted by atomic mass is 32.2. The predicted octanol–water partition coefficient (Wildman–Crippen LogP) is 3.63. The van der Waals surface area contributed by atoms with E-state index >= 15 is 0 Å².